The van der Waals surface area contributed by atoms with Crippen LogP contribution in [0, 0.1) is 0 Å². The molecule has 0 aliphatic rings. The lowest BCUT2D eigenvalue weighted by atomic mass is 10.0. The average molecular weight is 278 g/mol. The fourth-order valence-corrected chi connectivity index (χ4v) is 1.86. The van der Waals surface area contributed by atoms with Crippen LogP contribution in [-0.2, 0) is 6.18 Å². The van der Waals surface area contributed by atoms with Crippen molar-refractivity contribution in [1.82, 2.24) is 0 Å². The first-order valence-corrected chi connectivity index (χ1v) is 6.06. The van der Waals surface area contributed by atoms with E-state index in [0.717, 1.165) is 6.07 Å². The Kier molecular flexibility index (Phi) is 4.25. The van der Waals surface area contributed by atoms with Crippen molar-refractivity contribution >= 4 is 6.08 Å². The summed E-state index contributed by atoms with van der Waals surface area (Å²) in [5, 5.41) is 9.91. The molecule has 1 atom stereocenters. The van der Waals surface area contributed by atoms with Gasteiger partial charge in [0.05, 0.1) is 11.7 Å². The first-order chi connectivity index (χ1) is 9.48. The van der Waals surface area contributed by atoms with Crippen molar-refractivity contribution in [2.24, 2.45) is 0 Å². The summed E-state index contributed by atoms with van der Waals surface area (Å²) in [6.07, 6.45) is -2.70. The van der Waals surface area contributed by atoms with Crippen molar-refractivity contribution < 1.29 is 18.3 Å². The van der Waals surface area contributed by atoms with Gasteiger partial charge in [-0.1, -0.05) is 60.7 Å². The van der Waals surface area contributed by atoms with Crippen molar-refractivity contribution in [3.63, 3.8) is 0 Å². The monoisotopic (exact) mass is 278 g/mol. The second-order valence-corrected chi connectivity index (χ2v) is 4.30. The van der Waals surface area contributed by atoms with Gasteiger partial charge >= 0.3 is 6.18 Å². The zero-order valence-electron chi connectivity index (χ0n) is 10.5. The minimum absolute atomic E-state index is 0.0370. The number of rotatable bonds is 3. The number of hydrogen-bond donors (Lipinski definition) is 1. The van der Waals surface area contributed by atoms with Crippen LogP contribution >= 0.6 is 0 Å². The van der Waals surface area contributed by atoms with Crippen molar-refractivity contribution in [2.45, 2.75) is 12.3 Å². The van der Waals surface area contributed by atoms with E-state index in [2.05, 4.69) is 0 Å². The van der Waals surface area contributed by atoms with Crippen LogP contribution in [0.25, 0.3) is 6.08 Å². The SMILES string of the molecule is O[C@H](/C=C/c1ccccc1C(F)(F)F)c1ccccc1. The van der Waals surface area contributed by atoms with E-state index in [1.165, 1.54) is 30.4 Å². The normalized spacial score (nSPS) is 13.6. The van der Waals surface area contributed by atoms with Crippen LogP contribution in [0.2, 0.25) is 0 Å². The summed E-state index contributed by atoms with van der Waals surface area (Å²) in [5.41, 5.74) is -0.0419. The summed E-state index contributed by atoms with van der Waals surface area (Å²) in [4.78, 5) is 0. The van der Waals surface area contributed by atoms with Crippen LogP contribution < -0.4 is 0 Å². The van der Waals surface area contributed by atoms with Crippen molar-refractivity contribution in [3.05, 3.63) is 77.4 Å². The highest BCUT2D eigenvalue weighted by atomic mass is 19.4. The third kappa shape index (κ3) is 3.48. The highest BCUT2D eigenvalue weighted by Gasteiger charge is 2.32. The van der Waals surface area contributed by atoms with E-state index in [-0.39, 0.29) is 5.56 Å². The molecule has 0 saturated carbocycles. The van der Waals surface area contributed by atoms with Gasteiger partial charge in [-0.15, -0.1) is 0 Å². The molecule has 0 aliphatic heterocycles. The molecule has 0 amide bonds. The lowest BCUT2D eigenvalue weighted by molar-refractivity contribution is -0.137. The summed E-state index contributed by atoms with van der Waals surface area (Å²) in [7, 11) is 0. The van der Waals surface area contributed by atoms with Gasteiger partial charge < -0.3 is 5.11 Å². The van der Waals surface area contributed by atoms with Gasteiger partial charge in [-0.3, -0.25) is 0 Å². The molecule has 1 N–H and O–H groups in total. The summed E-state index contributed by atoms with van der Waals surface area (Å²) in [6.45, 7) is 0. The van der Waals surface area contributed by atoms with Crippen LogP contribution in [0.4, 0.5) is 13.2 Å². The smallest absolute Gasteiger partial charge is 0.384 e. The standard InChI is InChI=1S/C16H13F3O/c17-16(18,19)14-9-5-4-6-12(14)10-11-15(20)13-7-2-1-3-8-13/h1-11,15,20H/b11-10+/t15-/m1/s1. The number of halogens is 3. The van der Waals surface area contributed by atoms with E-state index >= 15 is 0 Å². The first kappa shape index (κ1) is 14.3. The Hall–Kier alpha value is -2.07. The van der Waals surface area contributed by atoms with Gasteiger partial charge in [0.2, 0.25) is 0 Å². The number of alkyl halides is 3. The minimum Gasteiger partial charge on any atom is -0.384 e. The maximum absolute atomic E-state index is 12.8. The van der Waals surface area contributed by atoms with E-state index in [0.29, 0.717) is 5.56 Å². The molecule has 0 spiro atoms. The molecule has 1 nitrogen and oxygen atoms in total. The minimum atomic E-state index is -4.40. The quantitative estimate of drug-likeness (QED) is 0.879. The number of hydrogen-bond acceptors (Lipinski definition) is 1. The molecule has 0 unspecified atom stereocenters. The zero-order chi connectivity index (χ0) is 14.6. The van der Waals surface area contributed by atoms with Gasteiger partial charge in [0.25, 0.3) is 0 Å². The lowest BCUT2D eigenvalue weighted by Gasteiger charge is -2.10. The molecular formula is C16H13F3O. The van der Waals surface area contributed by atoms with Crippen LogP contribution in [0.15, 0.2) is 60.7 Å². The largest absolute Gasteiger partial charge is 0.416 e. The van der Waals surface area contributed by atoms with Crippen LogP contribution in [0.1, 0.15) is 22.8 Å². The summed E-state index contributed by atoms with van der Waals surface area (Å²) in [5.74, 6) is 0. The van der Waals surface area contributed by atoms with Crippen molar-refractivity contribution in [1.29, 1.82) is 0 Å². The Morgan fingerprint density at radius 1 is 0.900 bits per heavy atom. The Labute approximate surface area is 115 Å². The number of benzene rings is 2. The zero-order valence-corrected chi connectivity index (χ0v) is 10.5. The molecule has 0 saturated heterocycles. The molecule has 20 heavy (non-hydrogen) atoms. The molecule has 0 aliphatic carbocycles. The molecule has 4 heteroatoms. The molecular weight excluding hydrogens is 265 g/mol. The number of aliphatic hydroxyl groups is 1. The van der Waals surface area contributed by atoms with Gasteiger partial charge in [-0.2, -0.15) is 13.2 Å². The van der Waals surface area contributed by atoms with E-state index in [4.69, 9.17) is 0 Å². The van der Waals surface area contributed by atoms with Crippen molar-refractivity contribution in [3.8, 4) is 0 Å². The predicted molar refractivity (Wildman–Crippen MR) is 71.9 cm³/mol. The van der Waals surface area contributed by atoms with E-state index in [9.17, 15) is 18.3 Å². The van der Waals surface area contributed by atoms with Gasteiger partial charge in [0.1, 0.15) is 0 Å². The molecule has 104 valence electrons. The van der Waals surface area contributed by atoms with Gasteiger partial charge in [0.15, 0.2) is 0 Å². The fraction of sp³-hybridized carbons (Fsp3) is 0.125. The Bertz CT molecular complexity index is 588. The summed E-state index contributed by atoms with van der Waals surface area (Å²) >= 11 is 0. The molecule has 0 heterocycles. The topological polar surface area (TPSA) is 20.2 Å². The fourth-order valence-electron chi connectivity index (χ4n) is 1.86. The maximum Gasteiger partial charge on any atom is 0.416 e. The molecule has 0 bridgehead atoms. The second-order valence-electron chi connectivity index (χ2n) is 4.30. The summed E-state index contributed by atoms with van der Waals surface area (Å²) in [6, 6.07) is 14.0. The first-order valence-electron chi connectivity index (χ1n) is 6.06. The molecule has 0 radical (unpaired) electrons. The van der Waals surface area contributed by atoms with Crippen LogP contribution in [-0.4, -0.2) is 5.11 Å². The molecule has 2 aromatic carbocycles. The molecule has 2 aromatic rings. The van der Waals surface area contributed by atoms with Crippen molar-refractivity contribution in [2.75, 3.05) is 0 Å². The molecule has 0 fully saturated rings. The highest BCUT2D eigenvalue weighted by molar-refractivity contribution is 5.55. The van der Waals surface area contributed by atoms with E-state index < -0.39 is 17.8 Å². The Morgan fingerprint density at radius 2 is 1.50 bits per heavy atom. The third-order valence-corrected chi connectivity index (χ3v) is 2.87. The average Bonchev–Trinajstić information content (AvgIpc) is 2.45. The predicted octanol–water partition coefficient (Wildman–Crippen LogP) is 4.45. The highest BCUT2D eigenvalue weighted by Crippen LogP contribution is 2.32. The third-order valence-electron chi connectivity index (χ3n) is 2.87. The van der Waals surface area contributed by atoms with Gasteiger partial charge in [0, 0.05) is 0 Å². The summed E-state index contributed by atoms with van der Waals surface area (Å²) < 4.78 is 38.4. The number of aliphatic hydroxyl groups excluding tert-OH is 1. The van der Waals surface area contributed by atoms with Crippen LogP contribution in [0.5, 0.6) is 0 Å². The van der Waals surface area contributed by atoms with Gasteiger partial charge in [-0.25, -0.2) is 0 Å². The molecule has 2 rings (SSSR count). The van der Waals surface area contributed by atoms with E-state index in [1.807, 2.05) is 0 Å². The van der Waals surface area contributed by atoms with Crippen LogP contribution in [0.3, 0.4) is 0 Å². The maximum atomic E-state index is 12.8. The van der Waals surface area contributed by atoms with E-state index in [1.54, 1.807) is 30.3 Å². The lowest BCUT2D eigenvalue weighted by Crippen LogP contribution is -2.07. The Balaban J connectivity index is 2.24. The molecule has 0 aromatic heterocycles. The Morgan fingerprint density at radius 3 is 2.15 bits per heavy atom. The second kappa shape index (κ2) is 5.92. The van der Waals surface area contributed by atoms with Gasteiger partial charge in [-0.05, 0) is 17.2 Å².